The minimum atomic E-state index is 0.257. The Bertz CT molecular complexity index is 380. The molecule has 0 spiro atoms. The molecular formula is C12H21N5O. The second-order valence-electron chi connectivity index (χ2n) is 5.23. The van der Waals surface area contributed by atoms with E-state index in [1.807, 2.05) is 0 Å². The van der Waals surface area contributed by atoms with Crippen LogP contribution in [0.4, 0.5) is 5.95 Å². The number of likely N-dealkylation sites (N-methyl/N-ethyl adjacent to an activating group) is 1. The number of nitrogens with one attached hydrogen (secondary N) is 1. The molecule has 2 aliphatic rings. The first-order valence-corrected chi connectivity index (χ1v) is 6.83. The van der Waals surface area contributed by atoms with E-state index in [1.165, 1.54) is 12.8 Å². The molecule has 0 radical (unpaired) electrons. The van der Waals surface area contributed by atoms with Crippen molar-refractivity contribution < 1.29 is 4.52 Å². The zero-order valence-corrected chi connectivity index (χ0v) is 10.9. The van der Waals surface area contributed by atoms with Gasteiger partial charge in [-0.05, 0) is 31.6 Å². The van der Waals surface area contributed by atoms with E-state index in [1.54, 1.807) is 0 Å². The molecule has 1 unspecified atom stereocenters. The van der Waals surface area contributed by atoms with Gasteiger partial charge in [0.2, 0.25) is 5.89 Å². The van der Waals surface area contributed by atoms with Crippen LogP contribution in [-0.4, -0.2) is 54.8 Å². The van der Waals surface area contributed by atoms with Crippen LogP contribution >= 0.6 is 0 Å². The normalized spacial score (nSPS) is 26.5. The molecule has 1 aromatic heterocycles. The van der Waals surface area contributed by atoms with Crippen molar-refractivity contribution in [3.8, 4) is 0 Å². The van der Waals surface area contributed by atoms with Crippen LogP contribution in [0.25, 0.3) is 0 Å². The Balaban J connectivity index is 1.65. The maximum absolute atomic E-state index is 5.41. The van der Waals surface area contributed by atoms with Crippen molar-refractivity contribution in [3.05, 3.63) is 5.89 Å². The van der Waals surface area contributed by atoms with E-state index >= 15 is 0 Å². The van der Waals surface area contributed by atoms with E-state index in [9.17, 15) is 0 Å². The molecule has 6 nitrogen and oxygen atoms in total. The summed E-state index contributed by atoms with van der Waals surface area (Å²) in [5, 5.41) is 7.56. The van der Waals surface area contributed by atoms with Crippen molar-refractivity contribution in [1.29, 1.82) is 0 Å². The van der Waals surface area contributed by atoms with Crippen LogP contribution < -0.4 is 10.2 Å². The highest BCUT2D eigenvalue weighted by molar-refractivity contribution is 5.29. The maximum atomic E-state index is 5.41. The van der Waals surface area contributed by atoms with E-state index in [-0.39, 0.29) is 6.04 Å². The standard InChI is InChI=1S/C12H21N5O/c1-16-6-8-17(9-7-16)12-14-11(18-15-12)10-4-2-3-5-13-10/h10,13H,2-9H2,1H3. The van der Waals surface area contributed by atoms with Crippen LogP contribution in [0.2, 0.25) is 0 Å². The van der Waals surface area contributed by atoms with Gasteiger partial charge in [0.15, 0.2) is 0 Å². The van der Waals surface area contributed by atoms with Gasteiger partial charge < -0.3 is 19.6 Å². The summed E-state index contributed by atoms with van der Waals surface area (Å²) in [6.45, 7) is 5.13. The number of piperazine rings is 1. The van der Waals surface area contributed by atoms with Gasteiger partial charge in [-0.2, -0.15) is 4.98 Å². The minimum absolute atomic E-state index is 0.257. The Kier molecular flexibility index (Phi) is 3.47. The van der Waals surface area contributed by atoms with Crippen LogP contribution in [0, 0.1) is 0 Å². The van der Waals surface area contributed by atoms with Crippen molar-refractivity contribution in [2.75, 3.05) is 44.7 Å². The number of hydrogen-bond donors (Lipinski definition) is 1. The van der Waals surface area contributed by atoms with Gasteiger partial charge in [-0.15, -0.1) is 0 Å². The van der Waals surface area contributed by atoms with Crippen molar-refractivity contribution in [2.45, 2.75) is 25.3 Å². The molecule has 0 bridgehead atoms. The van der Waals surface area contributed by atoms with Crippen LogP contribution in [0.15, 0.2) is 4.52 Å². The lowest BCUT2D eigenvalue weighted by Gasteiger charge is -2.31. The van der Waals surface area contributed by atoms with Gasteiger partial charge in [0.25, 0.3) is 5.95 Å². The van der Waals surface area contributed by atoms with Gasteiger partial charge in [0.1, 0.15) is 0 Å². The van der Waals surface area contributed by atoms with Crippen LogP contribution in [0.3, 0.4) is 0 Å². The summed E-state index contributed by atoms with van der Waals surface area (Å²) in [4.78, 5) is 9.07. The summed E-state index contributed by atoms with van der Waals surface area (Å²) in [5.41, 5.74) is 0. The van der Waals surface area contributed by atoms with Gasteiger partial charge in [0, 0.05) is 26.2 Å². The molecular weight excluding hydrogens is 230 g/mol. The molecule has 1 atom stereocenters. The first-order chi connectivity index (χ1) is 8.83. The van der Waals surface area contributed by atoms with E-state index in [0.717, 1.165) is 51.0 Å². The Morgan fingerprint density at radius 3 is 2.78 bits per heavy atom. The quantitative estimate of drug-likeness (QED) is 0.832. The summed E-state index contributed by atoms with van der Waals surface area (Å²) in [6.07, 6.45) is 3.59. The third kappa shape index (κ3) is 2.49. The zero-order valence-electron chi connectivity index (χ0n) is 10.9. The lowest BCUT2D eigenvalue weighted by molar-refractivity contribution is 0.294. The number of hydrogen-bond acceptors (Lipinski definition) is 6. The molecule has 0 aromatic carbocycles. The second kappa shape index (κ2) is 5.24. The summed E-state index contributed by atoms with van der Waals surface area (Å²) in [5.74, 6) is 1.51. The number of piperidine rings is 1. The molecule has 6 heteroatoms. The van der Waals surface area contributed by atoms with Crippen molar-refractivity contribution in [3.63, 3.8) is 0 Å². The highest BCUT2D eigenvalue weighted by Crippen LogP contribution is 2.23. The second-order valence-corrected chi connectivity index (χ2v) is 5.23. The third-order valence-corrected chi connectivity index (χ3v) is 3.83. The predicted molar refractivity (Wildman–Crippen MR) is 68.6 cm³/mol. The maximum Gasteiger partial charge on any atom is 0.266 e. The monoisotopic (exact) mass is 251 g/mol. The minimum Gasteiger partial charge on any atom is -0.336 e. The van der Waals surface area contributed by atoms with Crippen molar-refractivity contribution in [2.24, 2.45) is 0 Å². The molecule has 100 valence electrons. The Morgan fingerprint density at radius 2 is 2.06 bits per heavy atom. The molecule has 1 aromatic rings. The Morgan fingerprint density at radius 1 is 1.22 bits per heavy atom. The fourth-order valence-electron chi connectivity index (χ4n) is 2.57. The molecule has 18 heavy (non-hydrogen) atoms. The molecule has 0 amide bonds. The van der Waals surface area contributed by atoms with Gasteiger partial charge in [-0.25, -0.2) is 0 Å². The summed E-state index contributed by atoms with van der Waals surface area (Å²) in [7, 11) is 2.14. The predicted octanol–water partition coefficient (Wildman–Crippen LogP) is 0.636. The SMILES string of the molecule is CN1CCN(c2noc(C3CCCCN3)n2)CC1. The molecule has 3 heterocycles. The average molecular weight is 251 g/mol. The smallest absolute Gasteiger partial charge is 0.266 e. The van der Waals surface area contributed by atoms with E-state index in [2.05, 4.69) is 32.3 Å². The van der Waals surface area contributed by atoms with E-state index < -0.39 is 0 Å². The summed E-state index contributed by atoms with van der Waals surface area (Å²) in [6, 6.07) is 0.257. The fraction of sp³-hybridized carbons (Fsp3) is 0.833. The van der Waals surface area contributed by atoms with Gasteiger partial charge >= 0.3 is 0 Å². The third-order valence-electron chi connectivity index (χ3n) is 3.83. The first kappa shape index (κ1) is 11.9. The summed E-state index contributed by atoms with van der Waals surface area (Å²) < 4.78 is 5.41. The van der Waals surface area contributed by atoms with Crippen LogP contribution in [0.1, 0.15) is 31.2 Å². The molecule has 2 aliphatic heterocycles. The van der Waals surface area contributed by atoms with Crippen LogP contribution in [-0.2, 0) is 0 Å². The molecule has 1 N–H and O–H groups in total. The van der Waals surface area contributed by atoms with Crippen molar-refractivity contribution >= 4 is 5.95 Å². The van der Waals surface area contributed by atoms with Gasteiger partial charge in [0.05, 0.1) is 6.04 Å². The fourth-order valence-corrected chi connectivity index (χ4v) is 2.57. The van der Waals surface area contributed by atoms with Gasteiger partial charge in [-0.1, -0.05) is 6.42 Å². The molecule has 3 rings (SSSR count). The van der Waals surface area contributed by atoms with Gasteiger partial charge in [-0.3, -0.25) is 0 Å². The first-order valence-electron chi connectivity index (χ1n) is 6.83. The highest BCUT2D eigenvalue weighted by Gasteiger charge is 2.24. The molecule has 0 saturated carbocycles. The number of rotatable bonds is 2. The zero-order chi connectivity index (χ0) is 12.4. The molecule has 0 aliphatic carbocycles. The number of nitrogens with zero attached hydrogens (tertiary/aromatic N) is 4. The number of aromatic nitrogens is 2. The molecule has 2 saturated heterocycles. The topological polar surface area (TPSA) is 57.4 Å². The Labute approximate surface area is 107 Å². The van der Waals surface area contributed by atoms with E-state index in [4.69, 9.17) is 4.52 Å². The average Bonchev–Trinajstić information content (AvgIpc) is 2.90. The van der Waals surface area contributed by atoms with Crippen molar-refractivity contribution in [1.82, 2.24) is 20.4 Å². The Hall–Kier alpha value is -1.14. The van der Waals surface area contributed by atoms with E-state index in [0.29, 0.717) is 0 Å². The number of anilines is 1. The highest BCUT2D eigenvalue weighted by atomic mass is 16.5. The molecule has 2 fully saturated rings. The lowest BCUT2D eigenvalue weighted by atomic mass is 10.1. The summed E-state index contributed by atoms with van der Waals surface area (Å²) >= 11 is 0. The lowest BCUT2D eigenvalue weighted by Crippen LogP contribution is -2.45. The van der Waals surface area contributed by atoms with Crippen LogP contribution in [0.5, 0.6) is 0 Å². The largest absolute Gasteiger partial charge is 0.336 e.